The third-order valence-corrected chi connectivity index (χ3v) is 2.98. The highest BCUT2D eigenvalue weighted by Crippen LogP contribution is 2.05. The van der Waals surface area contributed by atoms with Crippen molar-refractivity contribution in [1.82, 2.24) is 20.2 Å². The van der Waals surface area contributed by atoms with Gasteiger partial charge in [0.05, 0.1) is 11.9 Å². The van der Waals surface area contributed by atoms with Gasteiger partial charge in [0.1, 0.15) is 8.07 Å². The smallest absolute Gasteiger partial charge is 0.208 e. The third kappa shape index (κ3) is 4.15. The summed E-state index contributed by atoms with van der Waals surface area (Å²) in [5, 5.41) is 11.9. The van der Waals surface area contributed by atoms with Crippen LogP contribution in [0, 0.1) is 11.5 Å². The first kappa shape index (κ1) is 13.2. The van der Waals surface area contributed by atoms with Crippen LogP contribution in [0.5, 0.6) is 0 Å². The SMILES string of the molecule is C[Si](C)(C)C#CC=Nc1nnn(-c2ccccc2)n1. The molecule has 0 atom stereocenters. The lowest BCUT2D eigenvalue weighted by atomic mass is 10.3. The molecule has 0 saturated carbocycles. The largest absolute Gasteiger partial charge is 0.290 e. The molecule has 2 rings (SSSR count). The second kappa shape index (κ2) is 5.59. The summed E-state index contributed by atoms with van der Waals surface area (Å²) in [6.07, 6.45) is 1.53. The molecular weight excluding hydrogens is 254 g/mol. The Labute approximate surface area is 113 Å². The van der Waals surface area contributed by atoms with Gasteiger partial charge in [-0.15, -0.1) is 15.4 Å². The van der Waals surface area contributed by atoms with Crippen molar-refractivity contribution < 1.29 is 0 Å². The predicted molar refractivity (Wildman–Crippen MR) is 78.4 cm³/mol. The third-order valence-electron chi connectivity index (χ3n) is 2.08. The molecule has 0 N–H and O–H groups in total. The molecule has 0 radical (unpaired) electrons. The molecule has 0 bridgehead atoms. The molecule has 1 aromatic carbocycles. The van der Waals surface area contributed by atoms with Gasteiger partial charge >= 0.3 is 0 Å². The van der Waals surface area contributed by atoms with E-state index < -0.39 is 8.07 Å². The van der Waals surface area contributed by atoms with Gasteiger partial charge in [0.15, 0.2) is 0 Å². The monoisotopic (exact) mass is 269 g/mol. The van der Waals surface area contributed by atoms with E-state index in [1.807, 2.05) is 30.3 Å². The van der Waals surface area contributed by atoms with Crippen LogP contribution in [0.25, 0.3) is 5.69 Å². The van der Waals surface area contributed by atoms with Crippen molar-refractivity contribution in [3.63, 3.8) is 0 Å². The molecule has 0 unspecified atom stereocenters. The zero-order valence-corrected chi connectivity index (χ0v) is 12.2. The van der Waals surface area contributed by atoms with Crippen LogP contribution in [-0.4, -0.2) is 34.5 Å². The van der Waals surface area contributed by atoms with E-state index >= 15 is 0 Å². The van der Waals surface area contributed by atoms with Crippen LogP contribution in [0.3, 0.4) is 0 Å². The summed E-state index contributed by atoms with van der Waals surface area (Å²) >= 11 is 0. The molecular formula is C13H15N5Si. The van der Waals surface area contributed by atoms with Gasteiger partial charge in [-0.05, 0) is 17.3 Å². The minimum Gasteiger partial charge on any atom is -0.208 e. The summed E-state index contributed by atoms with van der Waals surface area (Å²) in [4.78, 5) is 5.52. The maximum Gasteiger partial charge on any atom is 0.290 e. The fourth-order valence-corrected chi connectivity index (χ4v) is 1.77. The Morgan fingerprint density at radius 1 is 1.21 bits per heavy atom. The van der Waals surface area contributed by atoms with E-state index in [1.165, 1.54) is 11.0 Å². The molecule has 0 aliphatic carbocycles. The maximum absolute atomic E-state index is 4.15. The molecule has 0 aliphatic rings. The molecule has 6 heteroatoms. The van der Waals surface area contributed by atoms with Gasteiger partial charge in [-0.1, -0.05) is 48.9 Å². The first-order chi connectivity index (χ1) is 9.04. The van der Waals surface area contributed by atoms with Gasteiger partial charge < -0.3 is 0 Å². The number of aromatic nitrogens is 4. The number of hydrogen-bond acceptors (Lipinski definition) is 4. The minimum atomic E-state index is -1.36. The second-order valence-corrected chi connectivity index (χ2v) is 9.74. The average Bonchev–Trinajstić information content (AvgIpc) is 2.83. The molecule has 0 spiro atoms. The number of nitrogens with zero attached hydrogens (tertiary/aromatic N) is 5. The lowest BCUT2D eigenvalue weighted by molar-refractivity contribution is 0.720. The van der Waals surface area contributed by atoms with Gasteiger partial charge in [0, 0.05) is 0 Å². The van der Waals surface area contributed by atoms with Crippen molar-refractivity contribution in [1.29, 1.82) is 0 Å². The van der Waals surface area contributed by atoms with Crippen LogP contribution in [0.1, 0.15) is 0 Å². The van der Waals surface area contributed by atoms with Crippen LogP contribution in [0.4, 0.5) is 5.95 Å². The highest BCUT2D eigenvalue weighted by molar-refractivity contribution is 6.84. The van der Waals surface area contributed by atoms with Gasteiger partial charge in [0.25, 0.3) is 5.95 Å². The van der Waals surface area contributed by atoms with Crippen molar-refractivity contribution in [3.05, 3.63) is 30.3 Å². The number of benzene rings is 1. The Kier molecular flexibility index (Phi) is 3.87. The Bertz CT molecular complexity index is 628. The van der Waals surface area contributed by atoms with Crippen LogP contribution in [0.15, 0.2) is 35.3 Å². The zero-order chi connectivity index (χ0) is 13.7. The van der Waals surface area contributed by atoms with E-state index in [0.717, 1.165) is 5.69 Å². The summed E-state index contributed by atoms with van der Waals surface area (Å²) in [5.41, 5.74) is 4.04. The predicted octanol–water partition coefficient (Wildman–Crippen LogP) is 2.25. The Balaban J connectivity index is 2.10. The van der Waals surface area contributed by atoms with E-state index in [1.54, 1.807) is 0 Å². The number of aliphatic imine (C=N–C) groups is 1. The molecule has 1 aromatic heterocycles. The van der Waals surface area contributed by atoms with E-state index in [4.69, 9.17) is 0 Å². The number of rotatable bonds is 2. The number of tetrazole rings is 1. The van der Waals surface area contributed by atoms with Crippen molar-refractivity contribution in [2.24, 2.45) is 4.99 Å². The Morgan fingerprint density at radius 2 is 1.95 bits per heavy atom. The number of hydrogen-bond donors (Lipinski definition) is 0. The summed E-state index contributed by atoms with van der Waals surface area (Å²) in [6, 6.07) is 9.58. The van der Waals surface area contributed by atoms with Gasteiger partial charge in [0.2, 0.25) is 0 Å². The van der Waals surface area contributed by atoms with Crippen molar-refractivity contribution in [2.75, 3.05) is 0 Å². The quantitative estimate of drug-likeness (QED) is 0.477. The van der Waals surface area contributed by atoms with Crippen LogP contribution in [-0.2, 0) is 0 Å². The van der Waals surface area contributed by atoms with Crippen molar-refractivity contribution in [2.45, 2.75) is 19.6 Å². The fourth-order valence-electron chi connectivity index (χ4n) is 1.27. The Hall–Kier alpha value is -2.26. The lowest BCUT2D eigenvalue weighted by Crippen LogP contribution is -2.16. The second-order valence-electron chi connectivity index (χ2n) is 4.99. The van der Waals surface area contributed by atoms with Gasteiger partial charge in [-0.2, -0.15) is 0 Å². The highest BCUT2D eigenvalue weighted by atomic mass is 28.3. The zero-order valence-electron chi connectivity index (χ0n) is 11.2. The molecule has 2 aromatic rings. The molecule has 19 heavy (non-hydrogen) atoms. The molecule has 96 valence electrons. The average molecular weight is 269 g/mol. The summed E-state index contributed by atoms with van der Waals surface area (Å²) in [6.45, 7) is 6.54. The van der Waals surface area contributed by atoms with Gasteiger partial charge in [-0.25, -0.2) is 4.99 Å². The van der Waals surface area contributed by atoms with Crippen molar-refractivity contribution >= 4 is 20.2 Å². The Morgan fingerprint density at radius 3 is 2.63 bits per heavy atom. The van der Waals surface area contributed by atoms with E-state index in [-0.39, 0.29) is 0 Å². The normalized spacial score (nSPS) is 11.3. The molecule has 5 nitrogen and oxygen atoms in total. The van der Waals surface area contributed by atoms with E-state index in [2.05, 4.69) is 51.5 Å². The minimum absolute atomic E-state index is 0.314. The summed E-state index contributed by atoms with van der Waals surface area (Å²) in [5.74, 6) is 3.24. The molecule has 0 saturated heterocycles. The first-order valence-electron chi connectivity index (χ1n) is 5.95. The van der Waals surface area contributed by atoms with Crippen LogP contribution in [0.2, 0.25) is 19.6 Å². The summed E-state index contributed by atoms with van der Waals surface area (Å²) < 4.78 is 0. The van der Waals surface area contributed by atoms with E-state index in [0.29, 0.717) is 5.95 Å². The summed E-state index contributed by atoms with van der Waals surface area (Å²) in [7, 11) is -1.36. The van der Waals surface area contributed by atoms with E-state index in [9.17, 15) is 0 Å². The standard InChI is InChI=1S/C13H15N5Si/c1-19(2,3)11-7-10-14-13-15-17-18(16-13)12-8-5-4-6-9-12/h4-6,8-10H,1-3H3. The van der Waals surface area contributed by atoms with Crippen molar-refractivity contribution in [3.8, 4) is 17.2 Å². The lowest BCUT2D eigenvalue weighted by Gasteiger charge is -2.01. The highest BCUT2D eigenvalue weighted by Gasteiger charge is 2.06. The van der Waals surface area contributed by atoms with Gasteiger partial charge in [-0.3, -0.25) is 0 Å². The fraction of sp³-hybridized carbons (Fsp3) is 0.231. The van der Waals surface area contributed by atoms with Crippen LogP contribution >= 0.6 is 0 Å². The number of para-hydroxylation sites is 1. The first-order valence-corrected chi connectivity index (χ1v) is 9.45. The molecule has 0 fully saturated rings. The molecule has 0 amide bonds. The topological polar surface area (TPSA) is 56.0 Å². The van der Waals surface area contributed by atoms with Crippen LogP contribution < -0.4 is 0 Å². The molecule has 1 heterocycles. The molecule has 0 aliphatic heterocycles. The maximum atomic E-state index is 4.15.